The zero-order chi connectivity index (χ0) is 13.8. The summed E-state index contributed by atoms with van der Waals surface area (Å²) in [6.45, 7) is 5.10. The molecule has 19 heavy (non-hydrogen) atoms. The van der Waals surface area contributed by atoms with Crippen molar-refractivity contribution in [2.75, 3.05) is 11.4 Å². The standard InChI is InChI=1S/C14H21N3O2/c1-10(2)9-17(11-5-3-4-6-11)13-12(14(18)19)7-8-15-16-13/h7-8,10-11H,3-6,9H2,1-2H3,(H,18,19). The molecule has 1 saturated carbocycles. The van der Waals surface area contributed by atoms with E-state index in [2.05, 4.69) is 28.9 Å². The highest BCUT2D eigenvalue weighted by Crippen LogP contribution is 2.29. The van der Waals surface area contributed by atoms with Crippen molar-refractivity contribution in [2.24, 2.45) is 5.92 Å². The molecular formula is C14H21N3O2. The highest BCUT2D eigenvalue weighted by molar-refractivity contribution is 5.93. The van der Waals surface area contributed by atoms with E-state index in [0.717, 1.165) is 19.4 Å². The van der Waals surface area contributed by atoms with Crippen molar-refractivity contribution in [1.29, 1.82) is 0 Å². The normalized spacial score (nSPS) is 15.9. The van der Waals surface area contributed by atoms with Crippen molar-refractivity contribution in [3.63, 3.8) is 0 Å². The lowest BCUT2D eigenvalue weighted by atomic mass is 10.1. The van der Waals surface area contributed by atoms with Crippen LogP contribution in [0.15, 0.2) is 12.3 Å². The van der Waals surface area contributed by atoms with Gasteiger partial charge in [-0.05, 0) is 24.8 Å². The molecule has 5 nitrogen and oxygen atoms in total. The Morgan fingerprint density at radius 2 is 2.16 bits per heavy atom. The molecule has 0 spiro atoms. The maximum Gasteiger partial charge on any atom is 0.339 e. The van der Waals surface area contributed by atoms with E-state index in [0.29, 0.717) is 17.8 Å². The molecule has 1 aromatic rings. The minimum Gasteiger partial charge on any atom is -0.478 e. The van der Waals surface area contributed by atoms with Gasteiger partial charge >= 0.3 is 5.97 Å². The van der Waals surface area contributed by atoms with Crippen molar-refractivity contribution in [3.8, 4) is 0 Å². The highest BCUT2D eigenvalue weighted by atomic mass is 16.4. The summed E-state index contributed by atoms with van der Waals surface area (Å²) >= 11 is 0. The molecule has 1 aliphatic carbocycles. The topological polar surface area (TPSA) is 66.3 Å². The van der Waals surface area contributed by atoms with Gasteiger partial charge < -0.3 is 10.0 Å². The van der Waals surface area contributed by atoms with Gasteiger partial charge in [0.15, 0.2) is 5.82 Å². The van der Waals surface area contributed by atoms with Crippen molar-refractivity contribution < 1.29 is 9.90 Å². The monoisotopic (exact) mass is 263 g/mol. The fraction of sp³-hybridized carbons (Fsp3) is 0.643. The van der Waals surface area contributed by atoms with Crippen LogP contribution in [0.5, 0.6) is 0 Å². The van der Waals surface area contributed by atoms with Crippen molar-refractivity contribution in [1.82, 2.24) is 10.2 Å². The third-order valence-corrected chi connectivity index (χ3v) is 3.53. The van der Waals surface area contributed by atoms with E-state index in [1.54, 1.807) is 0 Å². The molecule has 1 heterocycles. The number of hydrogen-bond acceptors (Lipinski definition) is 4. The second-order valence-corrected chi connectivity index (χ2v) is 5.56. The van der Waals surface area contributed by atoms with Gasteiger partial charge in [-0.1, -0.05) is 26.7 Å². The zero-order valence-electron chi connectivity index (χ0n) is 11.5. The molecule has 0 aromatic carbocycles. The zero-order valence-corrected chi connectivity index (χ0v) is 11.5. The number of nitrogens with zero attached hydrogens (tertiary/aromatic N) is 3. The van der Waals surface area contributed by atoms with Crippen LogP contribution >= 0.6 is 0 Å². The number of hydrogen-bond donors (Lipinski definition) is 1. The summed E-state index contributed by atoms with van der Waals surface area (Å²) in [6, 6.07) is 1.93. The van der Waals surface area contributed by atoms with Crippen LogP contribution in [0.2, 0.25) is 0 Å². The second-order valence-electron chi connectivity index (χ2n) is 5.56. The summed E-state index contributed by atoms with van der Waals surface area (Å²) in [5.41, 5.74) is 0.252. The van der Waals surface area contributed by atoms with Crippen molar-refractivity contribution in [2.45, 2.75) is 45.6 Å². The first-order chi connectivity index (χ1) is 9.09. The molecule has 0 radical (unpaired) electrons. The molecule has 5 heteroatoms. The third-order valence-electron chi connectivity index (χ3n) is 3.53. The highest BCUT2D eigenvalue weighted by Gasteiger charge is 2.27. The Hall–Kier alpha value is -1.65. The minimum atomic E-state index is -0.934. The molecule has 1 fully saturated rings. The molecule has 0 bridgehead atoms. The molecule has 0 aliphatic heterocycles. The third kappa shape index (κ3) is 3.22. The quantitative estimate of drug-likeness (QED) is 0.884. The van der Waals surface area contributed by atoms with Crippen molar-refractivity contribution in [3.05, 3.63) is 17.8 Å². The summed E-state index contributed by atoms with van der Waals surface area (Å²) in [5, 5.41) is 17.3. The van der Waals surface area contributed by atoms with Gasteiger partial charge in [-0.25, -0.2) is 4.79 Å². The first-order valence-corrected chi connectivity index (χ1v) is 6.91. The SMILES string of the molecule is CC(C)CN(c1nnccc1C(=O)O)C1CCCC1. The number of rotatable bonds is 5. The van der Waals surface area contributed by atoms with E-state index in [1.165, 1.54) is 25.1 Å². The molecule has 104 valence electrons. The van der Waals surface area contributed by atoms with Gasteiger partial charge in [0.2, 0.25) is 0 Å². The number of anilines is 1. The lowest BCUT2D eigenvalue weighted by Crippen LogP contribution is -2.38. The van der Waals surface area contributed by atoms with Crippen molar-refractivity contribution >= 4 is 11.8 Å². The van der Waals surface area contributed by atoms with E-state index in [1.807, 2.05) is 0 Å². The number of carboxylic acids is 1. The molecular weight excluding hydrogens is 242 g/mol. The Balaban J connectivity index is 2.34. The maximum atomic E-state index is 11.3. The number of carbonyl (C=O) groups is 1. The van der Waals surface area contributed by atoms with Crippen LogP contribution < -0.4 is 4.90 Å². The fourth-order valence-electron chi connectivity index (χ4n) is 2.72. The number of carboxylic acid groups (broad SMARTS) is 1. The first kappa shape index (κ1) is 13.8. The minimum absolute atomic E-state index is 0.252. The molecule has 1 aliphatic rings. The number of aromatic carboxylic acids is 1. The summed E-state index contributed by atoms with van der Waals surface area (Å²) in [7, 11) is 0. The summed E-state index contributed by atoms with van der Waals surface area (Å²) in [5.74, 6) is 0.0523. The first-order valence-electron chi connectivity index (χ1n) is 6.91. The predicted molar refractivity (Wildman–Crippen MR) is 73.4 cm³/mol. The van der Waals surface area contributed by atoms with Crippen LogP contribution in [0.1, 0.15) is 49.9 Å². The number of aromatic nitrogens is 2. The van der Waals surface area contributed by atoms with E-state index >= 15 is 0 Å². The van der Waals surface area contributed by atoms with E-state index < -0.39 is 5.97 Å². The van der Waals surface area contributed by atoms with Gasteiger partial charge in [0.25, 0.3) is 0 Å². The maximum absolute atomic E-state index is 11.3. The van der Waals surface area contributed by atoms with Gasteiger partial charge in [0.1, 0.15) is 5.56 Å². The van der Waals surface area contributed by atoms with Crippen LogP contribution in [0.4, 0.5) is 5.82 Å². The summed E-state index contributed by atoms with van der Waals surface area (Å²) in [4.78, 5) is 13.5. The summed E-state index contributed by atoms with van der Waals surface area (Å²) in [6.07, 6.45) is 6.09. The van der Waals surface area contributed by atoms with Crippen LogP contribution in [-0.2, 0) is 0 Å². The van der Waals surface area contributed by atoms with Crippen LogP contribution in [0, 0.1) is 5.92 Å². The molecule has 0 saturated heterocycles. The lowest BCUT2D eigenvalue weighted by molar-refractivity contribution is 0.0696. The molecule has 0 amide bonds. The predicted octanol–water partition coefficient (Wildman–Crippen LogP) is 2.58. The lowest BCUT2D eigenvalue weighted by Gasteiger charge is -2.32. The van der Waals surface area contributed by atoms with Crippen LogP contribution in [0.3, 0.4) is 0 Å². The molecule has 2 rings (SSSR count). The molecule has 0 unspecified atom stereocenters. The Morgan fingerprint density at radius 3 is 2.74 bits per heavy atom. The van der Waals surface area contributed by atoms with E-state index in [-0.39, 0.29) is 5.56 Å². The Labute approximate surface area is 113 Å². The van der Waals surface area contributed by atoms with E-state index in [4.69, 9.17) is 0 Å². The van der Waals surface area contributed by atoms with Gasteiger partial charge in [-0.3, -0.25) is 0 Å². The molecule has 1 N–H and O–H groups in total. The average molecular weight is 263 g/mol. The second kappa shape index (κ2) is 5.99. The van der Waals surface area contributed by atoms with Gasteiger partial charge in [0, 0.05) is 12.6 Å². The molecule has 0 atom stereocenters. The summed E-state index contributed by atoms with van der Waals surface area (Å²) < 4.78 is 0. The van der Waals surface area contributed by atoms with Gasteiger partial charge in [0.05, 0.1) is 6.20 Å². The smallest absolute Gasteiger partial charge is 0.339 e. The Kier molecular flexibility index (Phi) is 4.35. The van der Waals surface area contributed by atoms with Gasteiger partial charge in [-0.15, -0.1) is 5.10 Å². The average Bonchev–Trinajstić information content (AvgIpc) is 2.89. The van der Waals surface area contributed by atoms with Crippen LogP contribution in [-0.4, -0.2) is 33.9 Å². The van der Waals surface area contributed by atoms with E-state index in [9.17, 15) is 9.90 Å². The Morgan fingerprint density at radius 1 is 1.47 bits per heavy atom. The Bertz CT molecular complexity index is 442. The van der Waals surface area contributed by atoms with Crippen LogP contribution in [0.25, 0.3) is 0 Å². The van der Waals surface area contributed by atoms with Gasteiger partial charge in [-0.2, -0.15) is 5.10 Å². The molecule has 1 aromatic heterocycles. The fourth-order valence-corrected chi connectivity index (χ4v) is 2.72. The largest absolute Gasteiger partial charge is 0.478 e.